The summed E-state index contributed by atoms with van der Waals surface area (Å²) in [5, 5.41) is 10.2. The minimum absolute atomic E-state index is 0.155. The quantitative estimate of drug-likeness (QED) is 0.619. The van der Waals surface area contributed by atoms with Crippen LogP contribution in [0.3, 0.4) is 0 Å². The van der Waals surface area contributed by atoms with Crippen LogP contribution in [0.5, 0.6) is 11.5 Å². The number of phenols is 1. The van der Waals surface area contributed by atoms with Crippen LogP contribution < -0.4 is 4.74 Å². The predicted molar refractivity (Wildman–Crippen MR) is 108 cm³/mol. The Balaban J connectivity index is 1.74. The molecule has 0 amide bonds. The summed E-state index contributed by atoms with van der Waals surface area (Å²) in [6.45, 7) is 6.21. The average Bonchev–Trinajstić information content (AvgIpc) is 3.30. The monoisotopic (exact) mass is 402 g/mol. The van der Waals surface area contributed by atoms with Crippen molar-refractivity contribution in [1.82, 2.24) is 0 Å². The summed E-state index contributed by atoms with van der Waals surface area (Å²) in [6.07, 6.45) is 2.70. The van der Waals surface area contributed by atoms with Gasteiger partial charge in [0.1, 0.15) is 11.5 Å². The van der Waals surface area contributed by atoms with Crippen molar-refractivity contribution in [3.8, 4) is 11.5 Å². The first-order valence-electron chi connectivity index (χ1n) is 9.75. The Morgan fingerprint density at radius 3 is 2.54 bits per heavy atom. The second kappa shape index (κ2) is 6.62. The summed E-state index contributed by atoms with van der Waals surface area (Å²) in [5.74, 6) is 1.39. The maximum Gasteiger partial charge on any atom is 0.362 e. The summed E-state index contributed by atoms with van der Waals surface area (Å²) in [7, 11) is -4.21. The normalized spacial score (nSPS) is 19.9. The zero-order chi connectivity index (χ0) is 20.3. The first kappa shape index (κ1) is 19.5. The topological polar surface area (TPSA) is 87.0 Å². The van der Waals surface area contributed by atoms with Crippen LogP contribution in [0.2, 0.25) is 0 Å². The van der Waals surface area contributed by atoms with Gasteiger partial charge in [-0.3, -0.25) is 4.57 Å². The standard InChI is InChI=1S/C22H27O5P/c1-13(2)17-9-15(4-5-20(17)23)18-11-22(6-7-22)19-10-16(8-14(3)21(18)19)27-12-28(24,25)26/h4-5,8-10,13,18,23H,6-7,11-12H2,1-3H3,(H2,24,25,26)/t18-/m0/s1. The maximum atomic E-state index is 11.2. The summed E-state index contributed by atoms with van der Waals surface area (Å²) in [4.78, 5) is 18.2. The Morgan fingerprint density at radius 1 is 1.21 bits per heavy atom. The van der Waals surface area contributed by atoms with E-state index in [4.69, 9.17) is 14.5 Å². The summed E-state index contributed by atoms with van der Waals surface area (Å²) in [5.41, 5.74) is 6.00. The van der Waals surface area contributed by atoms with Crippen LogP contribution in [-0.4, -0.2) is 21.2 Å². The number of phenolic OH excluding ortho intramolecular Hbond substituents is 1. The molecule has 0 unspecified atom stereocenters. The van der Waals surface area contributed by atoms with E-state index in [1.807, 2.05) is 25.1 Å². The predicted octanol–water partition coefficient (Wildman–Crippen LogP) is 4.91. The number of aromatic hydroxyl groups is 1. The van der Waals surface area contributed by atoms with Crippen LogP contribution in [0, 0.1) is 6.92 Å². The second-order valence-electron chi connectivity index (χ2n) is 8.65. The Bertz CT molecular complexity index is 971. The van der Waals surface area contributed by atoms with E-state index in [1.54, 1.807) is 6.07 Å². The van der Waals surface area contributed by atoms with E-state index >= 15 is 0 Å². The Hall–Kier alpha value is -1.81. The second-order valence-corrected chi connectivity index (χ2v) is 10.2. The van der Waals surface area contributed by atoms with Crippen LogP contribution in [0.4, 0.5) is 0 Å². The molecule has 0 aromatic heterocycles. The molecular weight excluding hydrogens is 375 g/mol. The first-order chi connectivity index (χ1) is 13.1. The highest BCUT2D eigenvalue weighted by Crippen LogP contribution is 2.63. The molecule has 3 N–H and O–H groups in total. The molecule has 0 radical (unpaired) electrons. The highest BCUT2D eigenvalue weighted by atomic mass is 31.2. The third-order valence-electron chi connectivity index (χ3n) is 6.20. The van der Waals surface area contributed by atoms with Gasteiger partial charge in [-0.1, -0.05) is 26.0 Å². The molecule has 28 heavy (non-hydrogen) atoms. The van der Waals surface area contributed by atoms with Gasteiger partial charge >= 0.3 is 7.60 Å². The van der Waals surface area contributed by atoms with E-state index in [1.165, 1.54) is 16.7 Å². The van der Waals surface area contributed by atoms with Crippen molar-refractivity contribution in [3.05, 3.63) is 58.1 Å². The molecule has 5 nitrogen and oxygen atoms in total. The highest BCUT2D eigenvalue weighted by molar-refractivity contribution is 7.51. The van der Waals surface area contributed by atoms with Crippen LogP contribution in [0.1, 0.15) is 72.8 Å². The number of benzene rings is 2. The number of hydrogen-bond acceptors (Lipinski definition) is 3. The van der Waals surface area contributed by atoms with E-state index in [2.05, 4.69) is 19.9 Å². The lowest BCUT2D eigenvalue weighted by Crippen LogP contribution is -2.03. The minimum Gasteiger partial charge on any atom is -0.508 e. The van der Waals surface area contributed by atoms with E-state index in [-0.39, 0.29) is 17.3 Å². The van der Waals surface area contributed by atoms with Crippen LogP contribution in [-0.2, 0) is 9.98 Å². The van der Waals surface area contributed by atoms with Gasteiger partial charge in [-0.15, -0.1) is 0 Å². The van der Waals surface area contributed by atoms with Crippen molar-refractivity contribution in [2.45, 2.75) is 57.3 Å². The molecule has 0 bridgehead atoms. The Labute approximate surface area is 165 Å². The van der Waals surface area contributed by atoms with Gasteiger partial charge in [0.15, 0.2) is 6.35 Å². The van der Waals surface area contributed by atoms with Crippen LogP contribution >= 0.6 is 7.60 Å². The number of aryl methyl sites for hydroxylation is 1. The number of fused-ring (bicyclic) bond motifs is 2. The molecule has 0 heterocycles. The molecule has 2 aliphatic rings. The fraction of sp³-hybridized carbons (Fsp3) is 0.455. The smallest absolute Gasteiger partial charge is 0.362 e. The van der Waals surface area contributed by atoms with Gasteiger partial charge in [-0.05, 0) is 83.5 Å². The number of rotatable bonds is 5. The summed E-state index contributed by atoms with van der Waals surface area (Å²) < 4.78 is 16.6. The van der Waals surface area contributed by atoms with Crippen LogP contribution in [0.15, 0.2) is 30.3 Å². The van der Waals surface area contributed by atoms with Gasteiger partial charge < -0.3 is 19.6 Å². The first-order valence-corrected chi connectivity index (χ1v) is 11.5. The van der Waals surface area contributed by atoms with Crippen molar-refractivity contribution in [2.75, 3.05) is 6.35 Å². The van der Waals surface area contributed by atoms with Crippen LogP contribution in [0.25, 0.3) is 0 Å². The Kier molecular flexibility index (Phi) is 4.61. The highest BCUT2D eigenvalue weighted by Gasteiger charge is 2.53. The molecule has 1 atom stereocenters. The molecule has 0 aliphatic heterocycles. The third kappa shape index (κ3) is 3.47. The van der Waals surface area contributed by atoms with Crippen molar-refractivity contribution < 1.29 is 24.2 Å². The lowest BCUT2D eigenvalue weighted by Gasteiger charge is -2.18. The van der Waals surface area contributed by atoms with Crippen molar-refractivity contribution in [2.24, 2.45) is 0 Å². The van der Waals surface area contributed by atoms with E-state index in [0.717, 1.165) is 30.4 Å². The lowest BCUT2D eigenvalue weighted by atomic mass is 9.87. The molecule has 2 aromatic rings. The Morgan fingerprint density at radius 2 is 1.93 bits per heavy atom. The number of hydrogen-bond donors (Lipinski definition) is 3. The van der Waals surface area contributed by atoms with Gasteiger partial charge in [0.2, 0.25) is 0 Å². The largest absolute Gasteiger partial charge is 0.508 e. The minimum atomic E-state index is -4.21. The van der Waals surface area contributed by atoms with Gasteiger partial charge in [0.05, 0.1) is 0 Å². The molecular formula is C22H27O5P. The summed E-state index contributed by atoms with van der Waals surface area (Å²) >= 11 is 0. The van der Waals surface area contributed by atoms with E-state index in [0.29, 0.717) is 11.5 Å². The zero-order valence-electron chi connectivity index (χ0n) is 16.5. The van der Waals surface area contributed by atoms with E-state index in [9.17, 15) is 9.67 Å². The van der Waals surface area contributed by atoms with Crippen molar-refractivity contribution in [3.63, 3.8) is 0 Å². The van der Waals surface area contributed by atoms with Gasteiger partial charge in [-0.25, -0.2) is 0 Å². The molecule has 1 spiro atoms. The lowest BCUT2D eigenvalue weighted by molar-refractivity contribution is 0.300. The molecule has 2 aromatic carbocycles. The van der Waals surface area contributed by atoms with Gasteiger partial charge in [0.25, 0.3) is 0 Å². The fourth-order valence-corrected chi connectivity index (χ4v) is 4.99. The molecule has 0 saturated heterocycles. The van der Waals surface area contributed by atoms with Crippen molar-refractivity contribution >= 4 is 7.60 Å². The van der Waals surface area contributed by atoms with Gasteiger partial charge in [-0.2, -0.15) is 0 Å². The summed E-state index contributed by atoms with van der Waals surface area (Å²) in [6, 6.07) is 9.82. The van der Waals surface area contributed by atoms with Gasteiger partial charge in [0, 0.05) is 5.92 Å². The number of ether oxygens (including phenoxy) is 1. The molecule has 6 heteroatoms. The van der Waals surface area contributed by atoms with E-state index < -0.39 is 13.9 Å². The molecule has 4 rings (SSSR count). The molecule has 1 saturated carbocycles. The molecule has 2 aliphatic carbocycles. The molecule has 1 fully saturated rings. The third-order valence-corrected chi connectivity index (χ3v) is 6.67. The molecule has 150 valence electrons. The SMILES string of the molecule is Cc1cc(OCP(=O)(O)O)cc2c1[C@H](c1ccc(O)c(C(C)C)c1)CC21CC1. The van der Waals surface area contributed by atoms with Crippen molar-refractivity contribution in [1.29, 1.82) is 0 Å². The fourth-order valence-electron chi connectivity index (χ4n) is 4.67. The average molecular weight is 402 g/mol. The zero-order valence-corrected chi connectivity index (χ0v) is 17.4. The maximum absolute atomic E-state index is 11.2.